The number of hydrogen-bond donors (Lipinski definition) is 1. The molecule has 0 amide bonds. The lowest BCUT2D eigenvalue weighted by atomic mass is 10.1. The van der Waals surface area contributed by atoms with Gasteiger partial charge in [-0.05, 0) is 24.4 Å². The zero-order valence-electron chi connectivity index (χ0n) is 6.86. The van der Waals surface area contributed by atoms with Crippen molar-refractivity contribution in [3.63, 3.8) is 0 Å². The summed E-state index contributed by atoms with van der Waals surface area (Å²) in [4.78, 5) is 6.04. The van der Waals surface area contributed by atoms with Gasteiger partial charge in [-0.1, -0.05) is 0 Å². The van der Waals surface area contributed by atoms with Crippen LogP contribution in [0, 0.1) is 0 Å². The van der Waals surface area contributed by atoms with Crippen molar-refractivity contribution in [1.82, 2.24) is 10.1 Å². The Morgan fingerprint density at radius 2 is 2.00 bits per heavy atom. The third-order valence-electron chi connectivity index (χ3n) is 2.06. The average Bonchev–Trinajstić information content (AvgIpc) is 2.54. The van der Waals surface area contributed by atoms with E-state index in [1.165, 1.54) is 19.3 Å². The zero-order chi connectivity index (χ0) is 8.39. The van der Waals surface area contributed by atoms with Crippen LogP contribution in [-0.4, -0.2) is 23.2 Å². The van der Waals surface area contributed by atoms with Crippen LogP contribution in [0.5, 0.6) is 0 Å². The summed E-state index contributed by atoms with van der Waals surface area (Å²) in [7, 11) is 0. The van der Waals surface area contributed by atoms with Crippen molar-refractivity contribution in [2.24, 2.45) is 0 Å². The van der Waals surface area contributed by atoms with Gasteiger partial charge in [-0.2, -0.15) is 4.98 Å². The highest BCUT2D eigenvalue weighted by Gasteiger charge is 2.15. The minimum Gasteiger partial charge on any atom is -0.365 e. The number of nitrogen functional groups attached to an aromatic ring is 1. The van der Waals surface area contributed by atoms with Crippen LogP contribution in [0.4, 0.5) is 12.0 Å². The number of rotatable bonds is 1. The molecule has 1 fully saturated rings. The van der Waals surface area contributed by atoms with Crippen LogP contribution in [-0.2, 0) is 0 Å². The van der Waals surface area contributed by atoms with Crippen LogP contribution >= 0.6 is 0 Å². The number of piperidine rings is 1. The van der Waals surface area contributed by atoms with Gasteiger partial charge >= 0.3 is 6.01 Å². The van der Waals surface area contributed by atoms with Crippen LogP contribution in [0.15, 0.2) is 4.52 Å². The molecule has 0 atom stereocenters. The van der Waals surface area contributed by atoms with Crippen LogP contribution in [0.3, 0.4) is 0 Å². The molecule has 1 aliphatic heterocycles. The third-order valence-corrected chi connectivity index (χ3v) is 2.06. The van der Waals surface area contributed by atoms with E-state index >= 15 is 0 Å². The summed E-state index contributed by atoms with van der Waals surface area (Å²) in [6.07, 6.45) is 3.69. The third kappa shape index (κ3) is 1.34. The molecule has 1 aromatic rings. The number of anilines is 2. The Labute approximate surface area is 70.5 Å². The first kappa shape index (κ1) is 7.39. The average molecular weight is 168 g/mol. The van der Waals surface area contributed by atoms with Gasteiger partial charge < -0.3 is 15.2 Å². The van der Waals surface area contributed by atoms with Crippen molar-refractivity contribution in [1.29, 1.82) is 0 Å². The van der Waals surface area contributed by atoms with Crippen LogP contribution < -0.4 is 10.6 Å². The van der Waals surface area contributed by atoms with Crippen molar-refractivity contribution >= 4 is 12.0 Å². The summed E-state index contributed by atoms with van der Waals surface area (Å²) >= 11 is 0. The summed E-state index contributed by atoms with van der Waals surface area (Å²) in [5, 5.41) is 3.54. The normalized spacial score (nSPS) is 18.2. The molecule has 5 heteroatoms. The molecule has 0 radical (unpaired) electrons. The Bertz CT molecular complexity index is 254. The second-order valence-corrected chi connectivity index (χ2v) is 2.98. The minimum absolute atomic E-state index is 0.218. The van der Waals surface area contributed by atoms with E-state index in [4.69, 9.17) is 10.3 Å². The molecule has 1 saturated heterocycles. The molecule has 2 N–H and O–H groups in total. The van der Waals surface area contributed by atoms with Crippen LogP contribution in [0.2, 0.25) is 0 Å². The van der Waals surface area contributed by atoms with Gasteiger partial charge in [0.1, 0.15) is 0 Å². The van der Waals surface area contributed by atoms with Crippen molar-refractivity contribution < 1.29 is 4.52 Å². The van der Waals surface area contributed by atoms with Gasteiger partial charge in [0.05, 0.1) is 0 Å². The van der Waals surface area contributed by atoms with E-state index in [2.05, 4.69) is 15.0 Å². The van der Waals surface area contributed by atoms with Crippen molar-refractivity contribution in [2.75, 3.05) is 23.7 Å². The highest BCUT2D eigenvalue weighted by molar-refractivity contribution is 5.30. The molecule has 1 aliphatic rings. The van der Waals surface area contributed by atoms with E-state index in [0.717, 1.165) is 13.1 Å². The Morgan fingerprint density at radius 1 is 1.25 bits per heavy atom. The molecule has 2 rings (SSSR count). The molecule has 1 aromatic heterocycles. The molecular weight excluding hydrogens is 156 g/mol. The summed E-state index contributed by atoms with van der Waals surface area (Å²) in [5.74, 6) is 0.218. The Kier molecular flexibility index (Phi) is 1.85. The fourth-order valence-electron chi connectivity index (χ4n) is 1.44. The molecule has 0 saturated carbocycles. The molecule has 2 heterocycles. The van der Waals surface area contributed by atoms with Gasteiger partial charge in [-0.3, -0.25) is 0 Å². The first-order valence-electron chi connectivity index (χ1n) is 4.20. The van der Waals surface area contributed by atoms with E-state index in [0.29, 0.717) is 6.01 Å². The Morgan fingerprint density at radius 3 is 2.58 bits per heavy atom. The lowest BCUT2D eigenvalue weighted by Crippen LogP contribution is -2.29. The maximum atomic E-state index is 5.34. The second-order valence-electron chi connectivity index (χ2n) is 2.98. The Hall–Kier alpha value is -1.26. The molecule has 0 spiro atoms. The lowest BCUT2D eigenvalue weighted by molar-refractivity contribution is 0.403. The summed E-state index contributed by atoms with van der Waals surface area (Å²) < 4.78 is 4.94. The van der Waals surface area contributed by atoms with Gasteiger partial charge in [0.25, 0.3) is 5.95 Å². The number of nitrogens with zero attached hydrogens (tertiary/aromatic N) is 3. The van der Waals surface area contributed by atoms with Crippen LogP contribution in [0.25, 0.3) is 0 Å². The number of hydrogen-bond acceptors (Lipinski definition) is 5. The summed E-state index contributed by atoms with van der Waals surface area (Å²) in [6, 6.07) is 0.562. The molecular formula is C7H12N4O. The van der Waals surface area contributed by atoms with Crippen molar-refractivity contribution in [2.45, 2.75) is 19.3 Å². The first-order valence-corrected chi connectivity index (χ1v) is 4.20. The number of aromatic nitrogens is 2. The SMILES string of the molecule is Nc1noc(N2CCCCC2)n1. The monoisotopic (exact) mass is 168 g/mol. The van der Waals surface area contributed by atoms with Crippen molar-refractivity contribution in [3.05, 3.63) is 0 Å². The fourth-order valence-corrected chi connectivity index (χ4v) is 1.44. The van der Waals surface area contributed by atoms with E-state index in [1.54, 1.807) is 0 Å². The van der Waals surface area contributed by atoms with Gasteiger partial charge in [-0.25, -0.2) is 0 Å². The maximum absolute atomic E-state index is 5.34. The van der Waals surface area contributed by atoms with Gasteiger partial charge in [0, 0.05) is 13.1 Å². The molecule has 66 valence electrons. The zero-order valence-corrected chi connectivity index (χ0v) is 6.86. The van der Waals surface area contributed by atoms with E-state index in [9.17, 15) is 0 Å². The maximum Gasteiger partial charge on any atom is 0.325 e. The Balaban J connectivity index is 2.08. The predicted octanol–water partition coefficient (Wildman–Crippen LogP) is 0.642. The molecule has 12 heavy (non-hydrogen) atoms. The second kappa shape index (κ2) is 3.00. The molecule has 0 bridgehead atoms. The first-order chi connectivity index (χ1) is 5.86. The van der Waals surface area contributed by atoms with Crippen LogP contribution in [0.1, 0.15) is 19.3 Å². The standard InChI is InChI=1S/C7H12N4O/c8-6-9-7(12-10-6)11-4-2-1-3-5-11/h1-5H2,(H2,8,10). The molecule has 0 aliphatic carbocycles. The predicted molar refractivity (Wildman–Crippen MR) is 44.8 cm³/mol. The van der Waals surface area contributed by atoms with Crippen molar-refractivity contribution in [3.8, 4) is 0 Å². The van der Waals surface area contributed by atoms with E-state index in [1.807, 2.05) is 0 Å². The minimum atomic E-state index is 0.218. The largest absolute Gasteiger partial charge is 0.365 e. The van der Waals surface area contributed by atoms with Gasteiger partial charge in [0.2, 0.25) is 0 Å². The quantitative estimate of drug-likeness (QED) is 0.666. The molecule has 0 unspecified atom stereocenters. The molecule has 5 nitrogen and oxygen atoms in total. The smallest absolute Gasteiger partial charge is 0.325 e. The summed E-state index contributed by atoms with van der Waals surface area (Å²) in [5.41, 5.74) is 5.34. The lowest BCUT2D eigenvalue weighted by Gasteiger charge is -2.23. The fraction of sp³-hybridized carbons (Fsp3) is 0.714. The number of nitrogens with two attached hydrogens (primary N) is 1. The topological polar surface area (TPSA) is 68.2 Å². The molecule has 0 aromatic carbocycles. The van der Waals surface area contributed by atoms with Gasteiger partial charge in [0.15, 0.2) is 0 Å². The summed E-state index contributed by atoms with van der Waals surface area (Å²) in [6.45, 7) is 2.00. The highest BCUT2D eigenvalue weighted by atomic mass is 16.5. The highest BCUT2D eigenvalue weighted by Crippen LogP contribution is 2.17. The van der Waals surface area contributed by atoms with Gasteiger partial charge in [-0.15, -0.1) is 0 Å². The van der Waals surface area contributed by atoms with E-state index in [-0.39, 0.29) is 5.95 Å². The van der Waals surface area contributed by atoms with E-state index < -0.39 is 0 Å².